The predicted octanol–water partition coefficient (Wildman–Crippen LogP) is 4.48. The van der Waals surface area contributed by atoms with E-state index in [1.54, 1.807) is 16.8 Å². The number of aryl methyl sites for hydroxylation is 1. The molecule has 0 saturated heterocycles. The Morgan fingerprint density at radius 2 is 2.15 bits per heavy atom. The van der Waals surface area contributed by atoms with Crippen LogP contribution in [-0.2, 0) is 11.3 Å². The molecule has 7 heteroatoms. The second kappa shape index (κ2) is 7.76. The van der Waals surface area contributed by atoms with E-state index in [1.807, 2.05) is 38.1 Å². The highest BCUT2D eigenvalue weighted by Gasteiger charge is 2.20. The maximum absolute atomic E-state index is 11.6. The van der Waals surface area contributed by atoms with Crippen LogP contribution in [0.15, 0.2) is 36.4 Å². The lowest BCUT2D eigenvalue weighted by Crippen LogP contribution is -2.09. The van der Waals surface area contributed by atoms with Crippen LogP contribution in [0, 0.1) is 6.92 Å². The molecule has 2 aromatic carbocycles. The minimum Gasteiger partial charge on any atom is -0.476 e. The molecule has 136 valence electrons. The number of carboxylic acids is 1. The summed E-state index contributed by atoms with van der Waals surface area (Å²) >= 11 is 6.24. The molecule has 0 aliphatic carbocycles. The number of nitrogens with zero attached hydrogens (tertiary/aromatic N) is 2. The maximum atomic E-state index is 11.6. The van der Waals surface area contributed by atoms with Crippen molar-refractivity contribution in [2.75, 3.05) is 18.5 Å². The topological polar surface area (TPSA) is 76.4 Å². The van der Waals surface area contributed by atoms with E-state index in [0.29, 0.717) is 41.4 Å². The van der Waals surface area contributed by atoms with Crippen LogP contribution in [0.5, 0.6) is 0 Å². The molecule has 0 atom stereocenters. The molecule has 3 aromatic rings. The van der Waals surface area contributed by atoms with Crippen LogP contribution < -0.4 is 5.32 Å². The first kappa shape index (κ1) is 18.2. The summed E-state index contributed by atoms with van der Waals surface area (Å²) in [5.41, 5.74) is 3.38. The standard InChI is InChI=1S/C19H20ClN3O3/c1-3-26-8-7-23-18-15(17(22-23)19(24)25)10-13(20)11-16(18)21-14-6-4-5-12(2)9-14/h4-6,9-11,21H,3,7-8H2,1-2H3,(H,24,25). The van der Waals surface area contributed by atoms with Gasteiger partial charge in [0, 0.05) is 22.7 Å². The van der Waals surface area contributed by atoms with E-state index in [9.17, 15) is 9.90 Å². The highest BCUT2D eigenvalue weighted by molar-refractivity contribution is 6.32. The Balaban J connectivity index is 2.12. The molecule has 0 aliphatic heterocycles. The van der Waals surface area contributed by atoms with E-state index in [1.165, 1.54) is 0 Å². The maximum Gasteiger partial charge on any atom is 0.357 e. The molecule has 0 radical (unpaired) electrons. The number of carboxylic acid groups (broad SMARTS) is 1. The molecular weight excluding hydrogens is 354 g/mol. The van der Waals surface area contributed by atoms with Crippen molar-refractivity contribution in [3.05, 3.63) is 52.7 Å². The van der Waals surface area contributed by atoms with E-state index in [0.717, 1.165) is 11.3 Å². The number of carbonyl (C=O) groups is 1. The van der Waals surface area contributed by atoms with Gasteiger partial charge in [0.15, 0.2) is 5.69 Å². The Kier molecular flexibility index (Phi) is 5.44. The van der Waals surface area contributed by atoms with Gasteiger partial charge in [-0.1, -0.05) is 23.7 Å². The molecule has 2 N–H and O–H groups in total. The van der Waals surface area contributed by atoms with Gasteiger partial charge in [0.25, 0.3) is 0 Å². The fourth-order valence-electron chi connectivity index (χ4n) is 2.87. The van der Waals surface area contributed by atoms with E-state index in [-0.39, 0.29) is 5.69 Å². The SMILES string of the molecule is CCOCCn1nc(C(=O)O)c2cc(Cl)cc(Nc3cccc(C)c3)c21. The molecule has 0 amide bonds. The smallest absolute Gasteiger partial charge is 0.357 e. The van der Waals surface area contributed by atoms with Gasteiger partial charge in [-0.3, -0.25) is 4.68 Å². The van der Waals surface area contributed by atoms with Crippen molar-refractivity contribution in [1.82, 2.24) is 9.78 Å². The Morgan fingerprint density at radius 1 is 1.35 bits per heavy atom. The Morgan fingerprint density at radius 3 is 2.85 bits per heavy atom. The zero-order chi connectivity index (χ0) is 18.7. The number of benzene rings is 2. The fourth-order valence-corrected chi connectivity index (χ4v) is 3.09. The molecule has 1 aromatic heterocycles. The molecule has 1 heterocycles. The molecule has 6 nitrogen and oxygen atoms in total. The number of aromatic carboxylic acids is 1. The molecule has 0 saturated carbocycles. The highest BCUT2D eigenvalue weighted by atomic mass is 35.5. The first-order chi connectivity index (χ1) is 12.5. The summed E-state index contributed by atoms with van der Waals surface area (Å²) in [4.78, 5) is 11.6. The number of nitrogens with one attached hydrogen (secondary N) is 1. The first-order valence-electron chi connectivity index (χ1n) is 8.34. The average molecular weight is 374 g/mol. The van der Waals surface area contributed by atoms with Gasteiger partial charge in [0.2, 0.25) is 0 Å². The van der Waals surface area contributed by atoms with Gasteiger partial charge >= 0.3 is 5.97 Å². The zero-order valence-corrected chi connectivity index (χ0v) is 15.4. The van der Waals surface area contributed by atoms with Gasteiger partial charge in [0.1, 0.15) is 0 Å². The number of fused-ring (bicyclic) bond motifs is 1. The summed E-state index contributed by atoms with van der Waals surface area (Å²) in [6, 6.07) is 11.3. The molecule has 0 fully saturated rings. The minimum absolute atomic E-state index is 0.0220. The fraction of sp³-hybridized carbons (Fsp3) is 0.263. The zero-order valence-electron chi connectivity index (χ0n) is 14.6. The van der Waals surface area contributed by atoms with Gasteiger partial charge in [0.05, 0.1) is 24.4 Å². The van der Waals surface area contributed by atoms with Crippen molar-refractivity contribution >= 4 is 39.8 Å². The molecule has 0 spiro atoms. The van der Waals surface area contributed by atoms with Gasteiger partial charge in [-0.15, -0.1) is 0 Å². The molecule has 26 heavy (non-hydrogen) atoms. The number of aromatic nitrogens is 2. The van der Waals surface area contributed by atoms with E-state index < -0.39 is 5.97 Å². The Labute approximate surface area is 156 Å². The molecule has 3 rings (SSSR count). The van der Waals surface area contributed by atoms with Crippen molar-refractivity contribution < 1.29 is 14.6 Å². The number of hydrogen-bond donors (Lipinski definition) is 2. The third-order valence-corrected chi connectivity index (χ3v) is 4.18. The largest absolute Gasteiger partial charge is 0.476 e. The third-order valence-electron chi connectivity index (χ3n) is 3.96. The average Bonchev–Trinajstić information content (AvgIpc) is 2.94. The molecule has 0 bridgehead atoms. The number of rotatable bonds is 7. The van der Waals surface area contributed by atoms with Crippen LogP contribution in [0.3, 0.4) is 0 Å². The lowest BCUT2D eigenvalue weighted by molar-refractivity contribution is 0.0690. The second-order valence-corrected chi connectivity index (χ2v) is 6.35. The van der Waals surface area contributed by atoms with E-state index in [4.69, 9.17) is 16.3 Å². The molecule has 0 unspecified atom stereocenters. The van der Waals surface area contributed by atoms with Crippen molar-refractivity contribution in [3.8, 4) is 0 Å². The number of halogens is 1. The summed E-state index contributed by atoms with van der Waals surface area (Å²) in [5.74, 6) is -1.09. The van der Waals surface area contributed by atoms with Crippen LogP contribution in [-0.4, -0.2) is 34.1 Å². The van der Waals surface area contributed by atoms with Crippen LogP contribution in [0.1, 0.15) is 23.0 Å². The number of ether oxygens (including phenoxy) is 1. The van der Waals surface area contributed by atoms with Crippen LogP contribution in [0.2, 0.25) is 5.02 Å². The molecule has 0 aliphatic rings. The third kappa shape index (κ3) is 3.81. The van der Waals surface area contributed by atoms with Crippen molar-refractivity contribution in [2.24, 2.45) is 0 Å². The summed E-state index contributed by atoms with van der Waals surface area (Å²) in [7, 11) is 0. The van der Waals surface area contributed by atoms with Crippen LogP contribution in [0.25, 0.3) is 10.9 Å². The molecular formula is C19H20ClN3O3. The monoisotopic (exact) mass is 373 g/mol. The second-order valence-electron chi connectivity index (χ2n) is 5.92. The van der Waals surface area contributed by atoms with E-state index in [2.05, 4.69) is 10.4 Å². The lowest BCUT2D eigenvalue weighted by Gasteiger charge is -2.12. The lowest BCUT2D eigenvalue weighted by atomic mass is 10.1. The predicted molar refractivity (Wildman–Crippen MR) is 103 cm³/mol. The van der Waals surface area contributed by atoms with Crippen LogP contribution in [0.4, 0.5) is 11.4 Å². The van der Waals surface area contributed by atoms with Gasteiger partial charge < -0.3 is 15.2 Å². The van der Waals surface area contributed by atoms with Crippen molar-refractivity contribution in [3.63, 3.8) is 0 Å². The Bertz CT molecular complexity index is 953. The van der Waals surface area contributed by atoms with E-state index >= 15 is 0 Å². The summed E-state index contributed by atoms with van der Waals surface area (Å²) in [6.45, 7) is 5.40. The van der Waals surface area contributed by atoms with Crippen LogP contribution >= 0.6 is 11.6 Å². The van der Waals surface area contributed by atoms with Gasteiger partial charge in [-0.05, 0) is 43.7 Å². The van der Waals surface area contributed by atoms with Crippen molar-refractivity contribution in [2.45, 2.75) is 20.4 Å². The Hall–Kier alpha value is -2.57. The van der Waals surface area contributed by atoms with Gasteiger partial charge in [-0.25, -0.2) is 4.79 Å². The quantitative estimate of drug-likeness (QED) is 0.597. The van der Waals surface area contributed by atoms with Gasteiger partial charge in [-0.2, -0.15) is 5.10 Å². The highest BCUT2D eigenvalue weighted by Crippen LogP contribution is 2.32. The normalized spacial score (nSPS) is 11.0. The minimum atomic E-state index is -1.09. The summed E-state index contributed by atoms with van der Waals surface area (Å²) in [6.07, 6.45) is 0. The van der Waals surface area contributed by atoms with Crippen molar-refractivity contribution in [1.29, 1.82) is 0 Å². The summed E-state index contributed by atoms with van der Waals surface area (Å²) in [5, 5.41) is 18.0. The number of anilines is 2. The summed E-state index contributed by atoms with van der Waals surface area (Å²) < 4.78 is 7.05. The number of hydrogen-bond acceptors (Lipinski definition) is 4. The first-order valence-corrected chi connectivity index (χ1v) is 8.72.